The molecule has 98 valence electrons. The molecule has 19 heavy (non-hydrogen) atoms. The van der Waals surface area contributed by atoms with Crippen LogP contribution in [0.2, 0.25) is 0 Å². The molecular weight excluding hydrogens is 310 g/mol. The summed E-state index contributed by atoms with van der Waals surface area (Å²) in [4.78, 5) is 23.2. The molecule has 0 fully saturated rings. The number of nitrogens with one attached hydrogen (secondary N) is 1. The van der Waals surface area contributed by atoms with Crippen LogP contribution < -0.4 is 10.9 Å². The third-order valence-corrected chi connectivity index (χ3v) is 3.12. The van der Waals surface area contributed by atoms with Gasteiger partial charge in [0.05, 0.1) is 0 Å². The van der Waals surface area contributed by atoms with Gasteiger partial charge >= 0.3 is 0 Å². The number of carbonyl (C=O) groups excluding carboxylic acids is 1. The van der Waals surface area contributed by atoms with Crippen molar-refractivity contribution in [3.05, 3.63) is 56.4 Å². The molecule has 1 N–H and O–H groups in total. The number of hydrogen-bond acceptors (Lipinski definition) is 3. The Morgan fingerprint density at radius 2 is 2.05 bits per heavy atom. The topological polar surface area (TPSA) is 64.0 Å². The summed E-state index contributed by atoms with van der Waals surface area (Å²) in [6.45, 7) is 1.90. The lowest BCUT2D eigenvalue weighted by Crippen LogP contribution is -2.23. The minimum atomic E-state index is -0.346. The highest BCUT2D eigenvalue weighted by Crippen LogP contribution is 2.20. The van der Waals surface area contributed by atoms with E-state index in [1.54, 1.807) is 6.07 Å². The second kappa shape index (κ2) is 5.36. The fourth-order valence-corrected chi connectivity index (χ4v) is 2.05. The molecule has 0 aliphatic heterocycles. The second-order valence-electron chi connectivity index (χ2n) is 4.09. The van der Waals surface area contributed by atoms with Crippen LogP contribution >= 0.6 is 15.9 Å². The maximum absolute atomic E-state index is 12.0. The Morgan fingerprint density at radius 1 is 1.32 bits per heavy atom. The van der Waals surface area contributed by atoms with Gasteiger partial charge in [-0.3, -0.25) is 9.59 Å². The molecule has 1 heterocycles. The van der Waals surface area contributed by atoms with Crippen LogP contribution in [0.5, 0.6) is 0 Å². The van der Waals surface area contributed by atoms with E-state index in [9.17, 15) is 9.59 Å². The molecule has 0 atom stereocenters. The highest BCUT2D eigenvalue weighted by Gasteiger charge is 2.10. The highest BCUT2D eigenvalue weighted by molar-refractivity contribution is 9.10. The van der Waals surface area contributed by atoms with Crippen molar-refractivity contribution in [2.45, 2.75) is 6.92 Å². The normalized spacial score (nSPS) is 10.3. The summed E-state index contributed by atoms with van der Waals surface area (Å²) in [5.74, 6) is -0.346. The molecule has 6 heteroatoms. The number of aromatic nitrogens is 2. The Labute approximate surface area is 118 Å². The van der Waals surface area contributed by atoms with Crippen molar-refractivity contribution in [1.82, 2.24) is 9.78 Å². The van der Waals surface area contributed by atoms with Crippen LogP contribution in [0.25, 0.3) is 0 Å². The number of carbonyl (C=O) groups is 1. The van der Waals surface area contributed by atoms with Gasteiger partial charge in [-0.05, 0) is 36.8 Å². The predicted octanol–water partition coefficient (Wildman–Crippen LogP) is 2.10. The zero-order valence-corrected chi connectivity index (χ0v) is 12.1. The first-order chi connectivity index (χ1) is 8.97. The number of benzene rings is 1. The summed E-state index contributed by atoms with van der Waals surface area (Å²) in [6, 6.07) is 8.28. The van der Waals surface area contributed by atoms with Crippen molar-refractivity contribution in [3.63, 3.8) is 0 Å². The first-order valence-electron chi connectivity index (χ1n) is 5.59. The maximum Gasteiger partial charge on any atom is 0.276 e. The summed E-state index contributed by atoms with van der Waals surface area (Å²) in [5, 5.41) is 6.66. The van der Waals surface area contributed by atoms with Crippen molar-refractivity contribution in [3.8, 4) is 0 Å². The third-order valence-electron chi connectivity index (χ3n) is 2.63. The minimum Gasteiger partial charge on any atom is -0.320 e. The molecule has 2 aromatic rings. The van der Waals surface area contributed by atoms with Gasteiger partial charge in [0.1, 0.15) is 5.69 Å². The van der Waals surface area contributed by atoms with Gasteiger partial charge in [-0.15, -0.1) is 0 Å². The molecule has 0 aliphatic carbocycles. The van der Waals surface area contributed by atoms with Crippen LogP contribution in [-0.2, 0) is 7.05 Å². The van der Waals surface area contributed by atoms with Crippen molar-refractivity contribution in [2.24, 2.45) is 7.05 Å². The number of aryl methyl sites for hydroxylation is 2. The zero-order chi connectivity index (χ0) is 14.0. The standard InChI is InChI=1S/C13H12BrN3O2/c1-8-7-9(14)3-4-10(8)15-13(19)11-5-6-12(18)17(2)16-11/h3-7H,1-2H3,(H,15,19). The van der Waals surface area contributed by atoms with Crippen LogP contribution in [0.4, 0.5) is 5.69 Å². The second-order valence-corrected chi connectivity index (χ2v) is 5.01. The Kier molecular flexibility index (Phi) is 3.80. The smallest absolute Gasteiger partial charge is 0.276 e. The van der Waals surface area contributed by atoms with Crippen LogP contribution in [0.15, 0.2) is 39.6 Å². The van der Waals surface area contributed by atoms with Crippen LogP contribution in [-0.4, -0.2) is 15.7 Å². The lowest BCUT2D eigenvalue weighted by molar-refractivity contribution is 0.102. The maximum atomic E-state index is 12.0. The number of nitrogens with zero attached hydrogens (tertiary/aromatic N) is 2. The van der Waals surface area contributed by atoms with Crippen molar-refractivity contribution in [2.75, 3.05) is 5.32 Å². The van der Waals surface area contributed by atoms with Crippen molar-refractivity contribution in [1.29, 1.82) is 0 Å². The monoisotopic (exact) mass is 321 g/mol. The number of anilines is 1. The molecule has 2 rings (SSSR count). The Hall–Kier alpha value is -1.95. The summed E-state index contributed by atoms with van der Waals surface area (Å²) >= 11 is 3.36. The zero-order valence-electron chi connectivity index (χ0n) is 10.5. The Bertz CT molecular complexity index is 695. The highest BCUT2D eigenvalue weighted by atomic mass is 79.9. The summed E-state index contributed by atoms with van der Waals surface area (Å²) in [6.07, 6.45) is 0. The van der Waals surface area contributed by atoms with E-state index in [-0.39, 0.29) is 17.2 Å². The van der Waals surface area contributed by atoms with Gasteiger partial charge < -0.3 is 5.32 Å². The summed E-state index contributed by atoms with van der Waals surface area (Å²) < 4.78 is 2.08. The van der Waals surface area contributed by atoms with E-state index in [4.69, 9.17) is 0 Å². The van der Waals surface area contributed by atoms with Crippen LogP contribution in [0.3, 0.4) is 0 Å². The fourth-order valence-electron chi connectivity index (χ4n) is 1.58. The van der Waals surface area contributed by atoms with E-state index in [0.717, 1.165) is 14.7 Å². The van der Waals surface area contributed by atoms with Gasteiger partial charge in [-0.25, -0.2) is 4.68 Å². The molecule has 5 nitrogen and oxygen atoms in total. The van der Waals surface area contributed by atoms with Crippen LogP contribution in [0.1, 0.15) is 16.1 Å². The molecule has 0 spiro atoms. The van der Waals surface area contributed by atoms with Crippen LogP contribution in [0, 0.1) is 6.92 Å². The van der Waals surface area contributed by atoms with E-state index in [2.05, 4.69) is 26.3 Å². The summed E-state index contributed by atoms with van der Waals surface area (Å²) in [5.41, 5.74) is 1.59. The van der Waals surface area contributed by atoms with Crippen molar-refractivity contribution >= 4 is 27.5 Å². The van der Waals surface area contributed by atoms with E-state index in [1.165, 1.54) is 19.2 Å². The summed E-state index contributed by atoms with van der Waals surface area (Å²) in [7, 11) is 1.50. The van der Waals surface area contributed by atoms with Gasteiger partial charge in [-0.1, -0.05) is 15.9 Å². The number of amides is 1. The SMILES string of the molecule is Cc1cc(Br)ccc1NC(=O)c1ccc(=O)n(C)n1. The number of rotatable bonds is 2. The molecule has 1 aromatic carbocycles. The molecule has 0 saturated carbocycles. The molecule has 1 amide bonds. The first kappa shape index (κ1) is 13.5. The van der Waals surface area contributed by atoms with E-state index < -0.39 is 0 Å². The predicted molar refractivity (Wildman–Crippen MR) is 76.3 cm³/mol. The van der Waals surface area contributed by atoms with Gasteiger partial charge in [0, 0.05) is 23.3 Å². The Morgan fingerprint density at radius 3 is 2.68 bits per heavy atom. The van der Waals surface area contributed by atoms with E-state index in [0.29, 0.717) is 5.69 Å². The molecule has 0 saturated heterocycles. The largest absolute Gasteiger partial charge is 0.320 e. The molecule has 0 aliphatic rings. The van der Waals surface area contributed by atoms with E-state index in [1.807, 2.05) is 19.1 Å². The van der Waals surface area contributed by atoms with Crippen molar-refractivity contribution < 1.29 is 4.79 Å². The van der Waals surface area contributed by atoms with Gasteiger partial charge in [0.2, 0.25) is 0 Å². The average Bonchev–Trinajstić information content (AvgIpc) is 2.36. The molecule has 0 radical (unpaired) electrons. The molecule has 0 unspecified atom stereocenters. The third kappa shape index (κ3) is 3.08. The Balaban J connectivity index is 2.25. The van der Waals surface area contributed by atoms with Gasteiger partial charge in [0.25, 0.3) is 11.5 Å². The molecule has 0 bridgehead atoms. The lowest BCUT2D eigenvalue weighted by Gasteiger charge is -2.08. The van der Waals surface area contributed by atoms with Gasteiger partial charge in [0.15, 0.2) is 0 Å². The molecule has 1 aromatic heterocycles. The lowest BCUT2D eigenvalue weighted by atomic mass is 10.2. The van der Waals surface area contributed by atoms with E-state index >= 15 is 0 Å². The number of hydrogen-bond donors (Lipinski definition) is 1. The average molecular weight is 322 g/mol. The first-order valence-corrected chi connectivity index (χ1v) is 6.38. The minimum absolute atomic E-state index is 0.199. The molecular formula is C13H12BrN3O2. The quantitative estimate of drug-likeness (QED) is 0.921. The number of halogens is 1. The van der Waals surface area contributed by atoms with Gasteiger partial charge in [-0.2, -0.15) is 5.10 Å². The fraction of sp³-hybridized carbons (Fsp3) is 0.154.